The predicted octanol–water partition coefficient (Wildman–Crippen LogP) is 5.56. The number of fused-ring (bicyclic) bond motifs is 2. The van der Waals surface area contributed by atoms with E-state index < -0.39 is 5.97 Å². The van der Waals surface area contributed by atoms with Crippen molar-refractivity contribution >= 4 is 28.3 Å². The Balaban J connectivity index is 1.14. The third-order valence-corrected chi connectivity index (χ3v) is 9.81. The fourth-order valence-corrected chi connectivity index (χ4v) is 7.33. The molecule has 6 rings (SSSR count). The number of aromatic nitrogens is 3. The molecule has 1 aliphatic carbocycles. The predicted molar refractivity (Wildman–Crippen MR) is 166 cm³/mol. The van der Waals surface area contributed by atoms with Gasteiger partial charge in [0.2, 0.25) is 0 Å². The summed E-state index contributed by atoms with van der Waals surface area (Å²) < 4.78 is 8.27. The number of carbonyl (C=O) groups is 2. The number of hydrogen-bond acceptors (Lipinski definition) is 7. The average Bonchev–Trinajstić information content (AvgIpc) is 3.70. The Hall–Kier alpha value is -4.18. The Morgan fingerprint density at radius 2 is 1.88 bits per heavy atom. The van der Waals surface area contributed by atoms with E-state index in [0.29, 0.717) is 18.7 Å². The van der Waals surface area contributed by atoms with Crippen LogP contribution in [0.4, 0.5) is 5.13 Å². The molecule has 1 amide bonds. The molecule has 1 saturated heterocycles. The van der Waals surface area contributed by atoms with Crippen LogP contribution >= 0.6 is 11.3 Å². The lowest BCUT2D eigenvalue weighted by atomic mass is 9.85. The van der Waals surface area contributed by atoms with Gasteiger partial charge in [-0.1, -0.05) is 17.7 Å². The van der Waals surface area contributed by atoms with Crippen LogP contribution in [0.5, 0.6) is 5.75 Å². The van der Waals surface area contributed by atoms with Crippen molar-refractivity contribution in [1.82, 2.24) is 19.4 Å². The zero-order valence-electron chi connectivity index (χ0n) is 25.0. The number of ether oxygens (including phenoxy) is 1. The van der Waals surface area contributed by atoms with Gasteiger partial charge in [0, 0.05) is 56.1 Å². The first-order chi connectivity index (χ1) is 20.7. The molecular weight excluding hydrogens is 562 g/mol. The van der Waals surface area contributed by atoms with Gasteiger partial charge in [-0.15, -0.1) is 11.3 Å². The smallest absolute Gasteiger partial charge is 0.307 e. The first-order valence-corrected chi connectivity index (χ1v) is 15.5. The molecule has 4 aromatic rings. The van der Waals surface area contributed by atoms with Gasteiger partial charge in [-0.3, -0.25) is 9.59 Å². The van der Waals surface area contributed by atoms with Crippen LogP contribution in [0.1, 0.15) is 45.7 Å². The number of amides is 1. The fraction of sp³-hybridized carbons (Fsp3) is 0.394. The van der Waals surface area contributed by atoms with Crippen molar-refractivity contribution in [3.8, 4) is 17.0 Å². The van der Waals surface area contributed by atoms with Crippen molar-refractivity contribution in [2.45, 2.75) is 39.8 Å². The molecule has 0 radical (unpaired) electrons. The maximum atomic E-state index is 13.1. The lowest BCUT2D eigenvalue weighted by Gasteiger charge is -2.35. The van der Waals surface area contributed by atoms with Crippen LogP contribution in [0.3, 0.4) is 0 Å². The summed E-state index contributed by atoms with van der Waals surface area (Å²) in [5.74, 6) is 1.02. The topological polar surface area (TPSA) is 101 Å². The molecule has 3 atom stereocenters. The van der Waals surface area contributed by atoms with E-state index >= 15 is 0 Å². The second-order valence-electron chi connectivity index (χ2n) is 11.9. The van der Waals surface area contributed by atoms with Crippen LogP contribution in [0.15, 0.2) is 54.2 Å². The molecule has 224 valence electrons. The first-order valence-electron chi connectivity index (χ1n) is 14.7. The summed E-state index contributed by atoms with van der Waals surface area (Å²) in [4.78, 5) is 38.1. The van der Waals surface area contributed by atoms with Crippen LogP contribution in [0, 0.1) is 31.6 Å². The number of aliphatic carboxylic acids is 1. The second kappa shape index (κ2) is 11.8. The number of thiazole rings is 1. The highest BCUT2D eigenvalue weighted by molar-refractivity contribution is 7.14. The quantitative estimate of drug-likeness (QED) is 0.269. The standard InChI is InChI=1S/C33H37N5O4S/c1-20-5-10-28(26(13-20)27-19-43-33(35-27)38-15-23-7-8-24(16-38)30(23)32(40)41)42-18-25-9-6-22(14-21(25)2)31(39)37(4)17-29-34-11-12-36(29)3/h5-6,9-14,19,23-24,30H,7-8,15-18H2,1-4H3,(H,40,41)/t23-,24?,30+/m0/s1. The minimum Gasteiger partial charge on any atom is -0.488 e. The summed E-state index contributed by atoms with van der Waals surface area (Å²) in [5.41, 5.74) is 5.53. The molecule has 10 heteroatoms. The van der Waals surface area contributed by atoms with E-state index in [9.17, 15) is 14.7 Å². The number of benzene rings is 2. The number of hydrogen-bond donors (Lipinski definition) is 1. The molecular formula is C33H37N5O4S. The summed E-state index contributed by atoms with van der Waals surface area (Å²) in [6.45, 7) is 6.34. The molecule has 2 aromatic carbocycles. The van der Waals surface area contributed by atoms with Crippen molar-refractivity contribution in [2.24, 2.45) is 24.8 Å². The molecule has 2 fully saturated rings. The van der Waals surface area contributed by atoms with Crippen LogP contribution in [-0.2, 0) is 25.0 Å². The van der Waals surface area contributed by atoms with E-state index in [1.54, 1.807) is 29.5 Å². The summed E-state index contributed by atoms with van der Waals surface area (Å²) in [6, 6.07) is 11.8. The van der Waals surface area contributed by atoms with Crippen LogP contribution in [0.2, 0.25) is 0 Å². The zero-order valence-corrected chi connectivity index (χ0v) is 25.8. The molecule has 1 unspecified atom stereocenters. The number of carbonyl (C=O) groups excluding carboxylic acids is 1. The molecule has 43 heavy (non-hydrogen) atoms. The number of rotatable bonds is 9. The molecule has 1 aliphatic heterocycles. The van der Waals surface area contributed by atoms with Crippen molar-refractivity contribution in [3.63, 3.8) is 0 Å². The molecule has 1 N–H and O–H groups in total. The largest absolute Gasteiger partial charge is 0.488 e. The maximum Gasteiger partial charge on any atom is 0.307 e. The van der Waals surface area contributed by atoms with E-state index in [-0.39, 0.29) is 23.7 Å². The minimum absolute atomic E-state index is 0.0566. The van der Waals surface area contributed by atoms with Gasteiger partial charge in [0.25, 0.3) is 5.91 Å². The van der Waals surface area contributed by atoms with Gasteiger partial charge in [-0.05, 0) is 73.9 Å². The number of nitrogens with zero attached hydrogens (tertiary/aromatic N) is 5. The zero-order chi connectivity index (χ0) is 30.2. The second-order valence-corrected chi connectivity index (χ2v) is 12.8. The molecule has 2 aromatic heterocycles. The van der Waals surface area contributed by atoms with Gasteiger partial charge in [0.1, 0.15) is 18.2 Å². The highest BCUT2D eigenvalue weighted by Crippen LogP contribution is 2.44. The lowest BCUT2D eigenvalue weighted by molar-refractivity contribution is -0.144. The Bertz CT molecular complexity index is 1650. The number of carboxylic acid groups (broad SMARTS) is 1. The van der Waals surface area contributed by atoms with Crippen LogP contribution < -0.4 is 9.64 Å². The fourth-order valence-electron chi connectivity index (χ4n) is 6.48. The normalized spacial score (nSPS) is 19.4. The van der Waals surface area contributed by atoms with Crippen molar-refractivity contribution in [1.29, 1.82) is 0 Å². The van der Waals surface area contributed by atoms with Gasteiger partial charge in [-0.2, -0.15) is 0 Å². The SMILES string of the molecule is Cc1ccc(OCc2ccc(C(=O)N(C)Cc3nccn3C)cc2C)c(-c2csc(N3CC4CC[C@@H](C3)[C@H]4C(=O)O)n2)c1. The van der Waals surface area contributed by atoms with Crippen molar-refractivity contribution in [2.75, 3.05) is 25.0 Å². The van der Waals surface area contributed by atoms with Crippen LogP contribution in [-0.4, -0.2) is 56.6 Å². The molecule has 0 spiro atoms. The summed E-state index contributed by atoms with van der Waals surface area (Å²) in [7, 11) is 3.71. The van der Waals surface area contributed by atoms with Gasteiger partial charge >= 0.3 is 5.97 Å². The maximum absolute atomic E-state index is 13.1. The minimum atomic E-state index is -0.655. The molecule has 2 aliphatic rings. The molecule has 1 saturated carbocycles. The Morgan fingerprint density at radius 1 is 1.12 bits per heavy atom. The summed E-state index contributed by atoms with van der Waals surface area (Å²) in [6.07, 6.45) is 5.55. The number of aryl methyl sites for hydroxylation is 3. The van der Waals surface area contributed by atoms with Crippen LogP contribution in [0.25, 0.3) is 11.3 Å². The van der Waals surface area contributed by atoms with E-state index in [0.717, 1.165) is 70.6 Å². The van der Waals surface area contributed by atoms with Crippen molar-refractivity contribution < 1.29 is 19.4 Å². The van der Waals surface area contributed by atoms with E-state index in [1.165, 1.54) is 0 Å². The molecule has 9 nitrogen and oxygen atoms in total. The highest BCUT2D eigenvalue weighted by Gasteiger charge is 2.46. The Labute approximate surface area is 255 Å². The van der Waals surface area contributed by atoms with Gasteiger partial charge in [0.05, 0.1) is 18.2 Å². The van der Waals surface area contributed by atoms with E-state index in [4.69, 9.17) is 9.72 Å². The summed E-state index contributed by atoms with van der Waals surface area (Å²) >= 11 is 1.60. The lowest BCUT2D eigenvalue weighted by Crippen LogP contribution is -2.44. The molecule has 2 bridgehead atoms. The monoisotopic (exact) mass is 599 g/mol. The number of piperidine rings is 1. The van der Waals surface area contributed by atoms with E-state index in [1.807, 2.05) is 55.1 Å². The number of carboxylic acids is 1. The third-order valence-electron chi connectivity index (χ3n) is 8.91. The van der Waals surface area contributed by atoms with E-state index in [2.05, 4.69) is 28.3 Å². The Morgan fingerprint density at radius 3 is 2.56 bits per heavy atom. The number of anilines is 1. The summed E-state index contributed by atoms with van der Waals surface area (Å²) in [5, 5.41) is 12.7. The van der Waals surface area contributed by atoms with Gasteiger partial charge in [0.15, 0.2) is 5.13 Å². The first kappa shape index (κ1) is 28.9. The average molecular weight is 600 g/mol. The van der Waals surface area contributed by atoms with Gasteiger partial charge in [-0.25, -0.2) is 9.97 Å². The Kier molecular flexibility index (Phi) is 7.96. The van der Waals surface area contributed by atoms with Gasteiger partial charge < -0.3 is 24.2 Å². The highest BCUT2D eigenvalue weighted by atomic mass is 32.1. The van der Waals surface area contributed by atoms with Crippen molar-refractivity contribution in [3.05, 3.63) is 82.3 Å². The third kappa shape index (κ3) is 5.88. The molecule has 3 heterocycles. The number of imidazole rings is 1.